The number of aryl methyl sites for hydroxylation is 1. The third-order valence-corrected chi connectivity index (χ3v) is 3.55. The van der Waals surface area contributed by atoms with E-state index < -0.39 is 0 Å². The SMILES string of the molecule is Cc1ccc(N2CC(C)OCC2C)c(C(N)=S)c1. The van der Waals surface area contributed by atoms with Gasteiger partial charge in [-0.3, -0.25) is 0 Å². The maximum Gasteiger partial charge on any atom is 0.106 e. The summed E-state index contributed by atoms with van der Waals surface area (Å²) in [5.74, 6) is 0. The lowest BCUT2D eigenvalue weighted by Gasteiger charge is -2.39. The highest BCUT2D eigenvalue weighted by Crippen LogP contribution is 2.26. The van der Waals surface area contributed by atoms with Crippen LogP contribution in [0.3, 0.4) is 0 Å². The van der Waals surface area contributed by atoms with Crippen molar-refractivity contribution in [2.75, 3.05) is 18.1 Å². The van der Waals surface area contributed by atoms with Gasteiger partial charge in [0.2, 0.25) is 0 Å². The highest BCUT2D eigenvalue weighted by atomic mass is 32.1. The molecule has 0 saturated carbocycles. The van der Waals surface area contributed by atoms with E-state index in [1.54, 1.807) is 0 Å². The smallest absolute Gasteiger partial charge is 0.106 e. The van der Waals surface area contributed by atoms with Crippen LogP contribution in [-0.2, 0) is 4.74 Å². The zero-order valence-electron chi connectivity index (χ0n) is 11.1. The van der Waals surface area contributed by atoms with E-state index in [1.807, 2.05) is 0 Å². The zero-order chi connectivity index (χ0) is 13.3. The van der Waals surface area contributed by atoms with Gasteiger partial charge in [-0.1, -0.05) is 23.8 Å². The van der Waals surface area contributed by atoms with Gasteiger partial charge in [0.15, 0.2) is 0 Å². The quantitative estimate of drug-likeness (QED) is 0.832. The molecule has 0 amide bonds. The summed E-state index contributed by atoms with van der Waals surface area (Å²) in [6, 6.07) is 6.62. The maximum atomic E-state index is 5.84. The summed E-state index contributed by atoms with van der Waals surface area (Å²) in [5, 5.41) is 0. The molecule has 98 valence electrons. The predicted molar refractivity (Wildman–Crippen MR) is 79.3 cm³/mol. The minimum atomic E-state index is 0.238. The summed E-state index contributed by atoms with van der Waals surface area (Å²) in [5.41, 5.74) is 9.11. The van der Waals surface area contributed by atoms with Gasteiger partial charge in [0.1, 0.15) is 4.99 Å². The fourth-order valence-corrected chi connectivity index (χ4v) is 2.50. The van der Waals surface area contributed by atoms with E-state index in [9.17, 15) is 0 Å². The molecule has 1 fully saturated rings. The van der Waals surface area contributed by atoms with E-state index >= 15 is 0 Å². The number of hydrogen-bond donors (Lipinski definition) is 1. The van der Waals surface area contributed by atoms with Crippen molar-refractivity contribution in [1.82, 2.24) is 0 Å². The van der Waals surface area contributed by atoms with Crippen LogP contribution in [0.25, 0.3) is 0 Å². The lowest BCUT2D eigenvalue weighted by molar-refractivity contribution is 0.0344. The summed E-state index contributed by atoms with van der Waals surface area (Å²) in [6.45, 7) is 7.92. The molecule has 2 unspecified atom stereocenters. The third-order valence-electron chi connectivity index (χ3n) is 3.33. The molecule has 18 heavy (non-hydrogen) atoms. The van der Waals surface area contributed by atoms with Gasteiger partial charge in [-0.15, -0.1) is 0 Å². The molecule has 0 spiro atoms. The van der Waals surface area contributed by atoms with Crippen molar-refractivity contribution >= 4 is 22.9 Å². The summed E-state index contributed by atoms with van der Waals surface area (Å²) in [6.07, 6.45) is 0.238. The Kier molecular flexibility index (Phi) is 3.88. The number of nitrogens with two attached hydrogens (primary N) is 1. The van der Waals surface area contributed by atoms with Crippen LogP contribution in [0.2, 0.25) is 0 Å². The molecule has 1 aliphatic heterocycles. The first-order valence-corrected chi connectivity index (χ1v) is 6.68. The van der Waals surface area contributed by atoms with Crippen molar-refractivity contribution in [3.05, 3.63) is 29.3 Å². The first-order valence-electron chi connectivity index (χ1n) is 6.27. The molecule has 2 atom stereocenters. The number of benzene rings is 1. The normalized spacial score (nSPS) is 24.1. The van der Waals surface area contributed by atoms with Crippen LogP contribution >= 0.6 is 12.2 Å². The van der Waals surface area contributed by atoms with Crippen molar-refractivity contribution in [2.45, 2.75) is 32.9 Å². The van der Waals surface area contributed by atoms with Crippen molar-refractivity contribution in [3.8, 4) is 0 Å². The lowest BCUT2D eigenvalue weighted by Crippen LogP contribution is -2.48. The van der Waals surface area contributed by atoms with Gasteiger partial charge < -0.3 is 15.4 Å². The molecule has 0 aromatic heterocycles. The minimum absolute atomic E-state index is 0.238. The Hall–Kier alpha value is -1.13. The third kappa shape index (κ3) is 2.65. The Morgan fingerprint density at radius 2 is 2.17 bits per heavy atom. The molecule has 1 aliphatic rings. The zero-order valence-corrected chi connectivity index (χ0v) is 12.0. The molecule has 2 rings (SSSR count). The number of morpholine rings is 1. The van der Waals surface area contributed by atoms with Gasteiger partial charge in [-0.2, -0.15) is 0 Å². The molecule has 0 radical (unpaired) electrons. The Balaban J connectivity index is 2.40. The molecule has 3 nitrogen and oxygen atoms in total. The number of thiocarbonyl (C=S) groups is 1. The standard InChI is InChI=1S/C14H20N2OS/c1-9-4-5-13(12(6-9)14(15)18)16-7-11(3)17-8-10(16)2/h4-6,10-11H,7-8H2,1-3H3,(H2,15,18). The second-order valence-corrected chi connectivity index (χ2v) is 5.47. The molecule has 1 saturated heterocycles. The van der Waals surface area contributed by atoms with E-state index in [-0.39, 0.29) is 6.10 Å². The minimum Gasteiger partial charge on any atom is -0.389 e. The van der Waals surface area contributed by atoms with Crippen LogP contribution in [-0.4, -0.2) is 30.3 Å². The van der Waals surface area contributed by atoms with E-state index in [4.69, 9.17) is 22.7 Å². The Morgan fingerprint density at radius 3 is 2.83 bits per heavy atom. The molecule has 1 heterocycles. The molecule has 0 bridgehead atoms. The van der Waals surface area contributed by atoms with Crippen LogP contribution in [0.5, 0.6) is 0 Å². The van der Waals surface area contributed by atoms with Crippen molar-refractivity contribution in [3.63, 3.8) is 0 Å². The highest BCUT2D eigenvalue weighted by Gasteiger charge is 2.25. The van der Waals surface area contributed by atoms with Gasteiger partial charge in [0.05, 0.1) is 12.7 Å². The van der Waals surface area contributed by atoms with Crippen molar-refractivity contribution in [1.29, 1.82) is 0 Å². The number of anilines is 1. The lowest BCUT2D eigenvalue weighted by atomic mass is 10.1. The topological polar surface area (TPSA) is 38.5 Å². The molecule has 2 N–H and O–H groups in total. The van der Waals surface area contributed by atoms with E-state index in [0.717, 1.165) is 24.4 Å². The molecular weight excluding hydrogens is 244 g/mol. The fraction of sp³-hybridized carbons (Fsp3) is 0.500. The van der Waals surface area contributed by atoms with Gasteiger partial charge >= 0.3 is 0 Å². The van der Waals surface area contributed by atoms with Gasteiger partial charge in [-0.25, -0.2) is 0 Å². The van der Waals surface area contributed by atoms with Gasteiger partial charge in [0, 0.05) is 23.8 Å². The van der Waals surface area contributed by atoms with Crippen LogP contribution < -0.4 is 10.6 Å². The largest absolute Gasteiger partial charge is 0.389 e. The Bertz CT molecular complexity index is 461. The molecule has 1 aromatic rings. The summed E-state index contributed by atoms with van der Waals surface area (Å²) < 4.78 is 5.66. The van der Waals surface area contributed by atoms with Gasteiger partial charge in [0.25, 0.3) is 0 Å². The van der Waals surface area contributed by atoms with Gasteiger partial charge in [-0.05, 0) is 32.9 Å². The van der Waals surface area contributed by atoms with Crippen LogP contribution in [0.15, 0.2) is 18.2 Å². The Labute approximate surface area is 114 Å². The van der Waals surface area contributed by atoms with Crippen molar-refractivity contribution in [2.24, 2.45) is 5.73 Å². The summed E-state index contributed by atoms with van der Waals surface area (Å²) >= 11 is 5.17. The molecule has 1 aromatic carbocycles. The molecule has 0 aliphatic carbocycles. The molecule has 4 heteroatoms. The van der Waals surface area contributed by atoms with Crippen molar-refractivity contribution < 1.29 is 4.74 Å². The fourth-order valence-electron chi connectivity index (χ4n) is 2.34. The second kappa shape index (κ2) is 5.24. The number of ether oxygens (including phenoxy) is 1. The van der Waals surface area contributed by atoms with Crippen LogP contribution in [0.1, 0.15) is 25.0 Å². The molecular formula is C14H20N2OS. The first kappa shape index (κ1) is 13.3. The average Bonchev–Trinajstić information content (AvgIpc) is 2.32. The number of nitrogens with zero attached hydrogens (tertiary/aromatic N) is 1. The Morgan fingerprint density at radius 1 is 1.44 bits per heavy atom. The predicted octanol–water partition coefficient (Wildman–Crippen LogP) is 2.24. The average molecular weight is 264 g/mol. The summed E-state index contributed by atoms with van der Waals surface area (Å²) in [7, 11) is 0. The second-order valence-electron chi connectivity index (χ2n) is 5.03. The number of rotatable bonds is 2. The monoisotopic (exact) mass is 264 g/mol. The highest BCUT2D eigenvalue weighted by molar-refractivity contribution is 7.80. The van der Waals surface area contributed by atoms with E-state index in [0.29, 0.717) is 11.0 Å². The summed E-state index contributed by atoms with van der Waals surface area (Å²) in [4.78, 5) is 2.79. The maximum absolute atomic E-state index is 5.84. The van der Waals surface area contributed by atoms with Crippen LogP contribution in [0, 0.1) is 6.92 Å². The van der Waals surface area contributed by atoms with E-state index in [1.165, 1.54) is 5.56 Å². The van der Waals surface area contributed by atoms with Crippen LogP contribution in [0.4, 0.5) is 5.69 Å². The number of hydrogen-bond acceptors (Lipinski definition) is 3. The first-order chi connectivity index (χ1) is 8.49. The van der Waals surface area contributed by atoms with E-state index in [2.05, 4.69) is 43.9 Å².